The molecule has 0 aliphatic rings. The molecule has 0 aliphatic heterocycles. The van der Waals surface area contributed by atoms with E-state index < -0.39 is 0 Å². The van der Waals surface area contributed by atoms with Gasteiger partial charge in [0.05, 0.1) is 5.92 Å². The summed E-state index contributed by atoms with van der Waals surface area (Å²) < 4.78 is 0. The van der Waals surface area contributed by atoms with Gasteiger partial charge in [0, 0.05) is 20.1 Å². The summed E-state index contributed by atoms with van der Waals surface area (Å²) in [6.07, 6.45) is 0.821. The Balaban J connectivity index is 2.64. The predicted molar refractivity (Wildman–Crippen MR) is 79.5 cm³/mol. The van der Waals surface area contributed by atoms with E-state index in [1.165, 1.54) is 0 Å². The summed E-state index contributed by atoms with van der Waals surface area (Å²) in [5, 5.41) is 0. The molecule has 3 nitrogen and oxygen atoms in total. The normalized spacial score (nSPS) is 13.1. The van der Waals surface area contributed by atoms with Crippen molar-refractivity contribution in [1.29, 1.82) is 0 Å². The van der Waals surface area contributed by atoms with Gasteiger partial charge in [0.25, 0.3) is 0 Å². The van der Waals surface area contributed by atoms with E-state index in [0.29, 0.717) is 13.1 Å². The Morgan fingerprint density at radius 1 is 1.26 bits per heavy atom. The number of nitrogens with two attached hydrogens (primary N) is 1. The summed E-state index contributed by atoms with van der Waals surface area (Å²) in [5.74, 6) is 0.0509. The van der Waals surface area contributed by atoms with Crippen molar-refractivity contribution < 1.29 is 4.79 Å². The molecule has 0 spiro atoms. The highest BCUT2D eigenvalue weighted by Crippen LogP contribution is 2.25. The van der Waals surface area contributed by atoms with Crippen molar-refractivity contribution in [2.75, 3.05) is 13.6 Å². The van der Waals surface area contributed by atoms with Crippen LogP contribution in [-0.2, 0) is 11.3 Å². The lowest BCUT2D eigenvalue weighted by Crippen LogP contribution is -2.38. The van der Waals surface area contributed by atoms with E-state index >= 15 is 0 Å². The van der Waals surface area contributed by atoms with Crippen LogP contribution in [0.15, 0.2) is 30.3 Å². The molecule has 1 aromatic rings. The lowest BCUT2D eigenvalue weighted by atomic mass is 9.84. The predicted octanol–water partition coefficient (Wildman–Crippen LogP) is 2.66. The van der Waals surface area contributed by atoms with E-state index in [1.807, 2.05) is 37.4 Å². The monoisotopic (exact) mass is 262 g/mol. The summed E-state index contributed by atoms with van der Waals surface area (Å²) in [6.45, 7) is 7.47. The minimum atomic E-state index is -0.0892. The summed E-state index contributed by atoms with van der Waals surface area (Å²) >= 11 is 0. The Morgan fingerprint density at radius 2 is 1.84 bits per heavy atom. The lowest BCUT2D eigenvalue weighted by molar-refractivity contribution is -0.135. The molecule has 0 bridgehead atoms. The third kappa shape index (κ3) is 5.43. The zero-order valence-electron chi connectivity index (χ0n) is 12.5. The maximum Gasteiger partial charge on any atom is 0.227 e. The fraction of sp³-hybridized carbons (Fsp3) is 0.562. The van der Waals surface area contributed by atoms with Gasteiger partial charge in [-0.3, -0.25) is 4.79 Å². The molecule has 0 saturated carbocycles. The van der Waals surface area contributed by atoms with Crippen molar-refractivity contribution in [2.45, 2.75) is 33.7 Å². The summed E-state index contributed by atoms with van der Waals surface area (Å²) in [6, 6.07) is 10.0. The Labute approximate surface area is 116 Å². The molecule has 0 aromatic heterocycles. The number of carbonyl (C=O) groups is 1. The molecule has 0 radical (unpaired) electrons. The Hall–Kier alpha value is -1.35. The Bertz CT molecular complexity index is 395. The van der Waals surface area contributed by atoms with Crippen LogP contribution in [0.5, 0.6) is 0 Å². The average molecular weight is 262 g/mol. The van der Waals surface area contributed by atoms with Crippen molar-refractivity contribution in [2.24, 2.45) is 17.1 Å². The van der Waals surface area contributed by atoms with Crippen LogP contribution in [0.3, 0.4) is 0 Å². The van der Waals surface area contributed by atoms with Crippen molar-refractivity contribution >= 4 is 5.91 Å². The van der Waals surface area contributed by atoms with E-state index in [0.717, 1.165) is 12.0 Å². The number of hydrogen-bond donors (Lipinski definition) is 1. The maximum atomic E-state index is 12.4. The Morgan fingerprint density at radius 3 is 2.32 bits per heavy atom. The quantitative estimate of drug-likeness (QED) is 0.886. The number of nitrogens with zero attached hydrogens (tertiary/aromatic N) is 1. The molecule has 3 heteroatoms. The van der Waals surface area contributed by atoms with Crippen LogP contribution >= 0.6 is 0 Å². The van der Waals surface area contributed by atoms with Crippen LogP contribution in [0.2, 0.25) is 0 Å². The van der Waals surface area contributed by atoms with Gasteiger partial charge < -0.3 is 10.6 Å². The van der Waals surface area contributed by atoms with Crippen molar-refractivity contribution in [3.63, 3.8) is 0 Å². The van der Waals surface area contributed by atoms with Crippen LogP contribution in [-0.4, -0.2) is 24.4 Å². The smallest absolute Gasteiger partial charge is 0.227 e. The summed E-state index contributed by atoms with van der Waals surface area (Å²) in [4.78, 5) is 14.2. The molecule has 106 valence electrons. The van der Waals surface area contributed by atoms with Crippen LogP contribution in [0.25, 0.3) is 0 Å². The number of benzene rings is 1. The van der Waals surface area contributed by atoms with Crippen LogP contribution < -0.4 is 5.73 Å². The second-order valence-electron chi connectivity index (χ2n) is 6.38. The number of carbonyl (C=O) groups excluding carboxylic acids is 1. The fourth-order valence-electron chi connectivity index (χ4n) is 2.26. The van der Waals surface area contributed by atoms with Crippen molar-refractivity contribution in [3.8, 4) is 0 Å². The highest BCUT2D eigenvalue weighted by molar-refractivity contribution is 5.78. The highest BCUT2D eigenvalue weighted by atomic mass is 16.2. The molecule has 1 amide bonds. The molecular formula is C16H26N2O. The first-order valence-electron chi connectivity index (χ1n) is 6.82. The second-order valence-corrected chi connectivity index (χ2v) is 6.38. The van der Waals surface area contributed by atoms with Gasteiger partial charge in [0.15, 0.2) is 0 Å². The summed E-state index contributed by atoms with van der Waals surface area (Å²) in [7, 11) is 1.85. The van der Waals surface area contributed by atoms with Gasteiger partial charge in [-0.1, -0.05) is 51.1 Å². The van der Waals surface area contributed by atoms with Gasteiger partial charge in [-0.15, -0.1) is 0 Å². The molecule has 2 N–H and O–H groups in total. The van der Waals surface area contributed by atoms with Gasteiger partial charge in [-0.2, -0.15) is 0 Å². The average Bonchev–Trinajstić information content (AvgIpc) is 2.35. The van der Waals surface area contributed by atoms with Crippen molar-refractivity contribution in [3.05, 3.63) is 35.9 Å². The molecule has 1 aromatic carbocycles. The van der Waals surface area contributed by atoms with Crippen LogP contribution in [0, 0.1) is 11.3 Å². The fourth-order valence-corrected chi connectivity index (χ4v) is 2.26. The first-order chi connectivity index (χ1) is 8.83. The molecule has 0 fully saturated rings. The topological polar surface area (TPSA) is 46.3 Å². The van der Waals surface area contributed by atoms with E-state index in [1.54, 1.807) is 4.90 Å². The van der Waals surface area contributed by atoms with Gasteiger partial charge in [0.2, 0.25) is 5.91 Å². The van der Waals surface area contributed by atoms with Crippen molar-refractivity contribution in [1.82, 2.24) is 4.90 Å². The molecule has 1 unspecified atom stereocenters. The molecule has 0 heterocycles. The molecular weight excluding hydrogens is 236 g/mol. The van der Waals surface area contributed by atoms with Gasteiger partial charge >= 0.3 is 0 Å². The van der Waals surface area contributed by atoms with E-state index in [2.05, 4.69) is 20.8 Å². The summed E-state index contributed by atoms with van der Waals surface area (Å²) in [5.41, 5.74) is 7.03. The number of amides is 1. The van der Waals surface area contributed by atoms with E-state index in [9.17, 15) is 4.79 Å². The largest absolute Gasteiger partial charge is 0.341 e. The minimum absolute atomic E-state index is 0.0892. The first kappa shape index (κ1) is 15.7. The molecule has 19 heavy (non-hydrogen) atoms. The van der Waals surface area contributed by atoms with E-state index in [4.69, 9.17) is 5.73 Å². The third-order valence-electron chi connectivity index (χ3n) is 3.13. The molecule has 1 rings (SSSR count). The van der Waals surface area contributed by atoms with Gasteiger partial charge in [-0.05, 0) is 17.4 Å². The zero-order chi connectivity index (χ0) is 14.5. The Kier molecular flexibility index (Phi) is 5.55. The molecule has 0 saturated heterocycles. The first-order valence-corrected chi connectivity index (χ1v) is 6.82. The highest BCUT2D eigenvalue weighted by Gasteiger charge is 2.26. The zero-order valence-corrected chi connectivity index (χ0v) is 12.5. The number of hydrogen-bond acceptors (Lipinski definition) is 2. The molecule has 0 aliphatic carbocycles. The molecule has 1 atom stereocenters. The maximum absolute atomic E-state index is 12.4. The van der Waals surface area contributed by atoms with Gasteiger partial charge in [0.1, 0.15) is 0 Å². The number of rotatable bonds is 5. The second kappa shape index (κ2) is 6.71. The SMILES string of the molecule is CN(Cc1ccccc1)C(=O)C(CN)CC(C)(C)C. The third-order valence-corrected chi connectivity index (χ3v) is 3.13. The van der Waals surface area contributed by atoms with Crippen LogP contribution in [0.4, 0.5) is 0 Å². The van der Waals surface area contributed by atoms with Gasteiger partial charge in [-0.25, -0.2) is 0 Å². The minimum Gasteiger partial charge on any atom is -0.341 e. The standard InChI is InChI=1S/C16H26N2O/c1-16(2,3)10-14(11-17)15(19)18(4)12-13-8-6-5-7-9-13/h5-9,14H,10-12,17H2,1-4H3. The van der Waals surface area contributed by atoms with E-state index in [-0.39, 0.29) is 17.2 Å². The lowest BCUT2D eigenvalue weighted by Gasteiger charge is -2.28. The van der Waals surface area contributed by atoms with Crippen LogP contribution in [0.1, 0.15) is 32.8 Å².